The number of likely N-dealkylation sites (N-methyl/N-ethyl adjacent to an activating group) is 1. The third-order valence-corrected chi connectivity index (χ3v) is 3.38. The van der Waals surface area contributed by atoms with Crippen LogP contribution in [-0.2, 0) is 6.54 Å². The van der Waals surface area contributed by atoms with Gasteiger partial charge in [0, 0.05) is 38.4 Å². The number of rotatable bonds is 3. The molecule has 1 fully saturated rings. The molecule has 4 heteroatoms. The molecule has 2 heterocycles. The maximum absolute atomic E-state index is 4.71. The average Bonchev–Trinajstić information content (AvgIpc) is 2.33. The van der Waals surface area contributed by atoms with Crippen molar-refractivity contribution in [3.05, 3.63) is 23.4 Å². The van der Waals surface area contributed by atoms with Gasteiger partial charge in [-0.2, -0.15) is 0 Å². The lowest BCUT2D eigenvalue weighted by Gasteiger charge is -2.33. The number of hydrogen-bond donors (Lipinski definition) is 1. The van der Waals surface area contributed by atoms with Crippen LogP contribution in [-0.4, -0.2) is 50.2 Å². The first-order valence-corrected chi connectivity index (χ1v) is 6.25. The van der Waals surface area contributed by atoms with E-state index in [-0.39, 0.29) is 0 Å². The van der Waals surface area contributed by atoms with Crippen molar-refractivity contribution < 1.29 is 0 Å². The Morgan fingerprint density at radius 2 is 1.94 bits per heavy atom. The molecule has 94 valence electrons. The molecule has 4 nitrogen and oxygen atoms in total. The Bertz CT molecular complexity index is 370. The van der Waals surface area contributed by atoms with Crippen LogP contribution in [0.5, 0.6) is 0 Å². The van der Waals surface area contributed by atoms with Crippen LogP contribution >= 0.6 is 0 Å². The van der Waals surface area contributed by atoms with E-state index in [2.05, 4.69) is 41.2 Å². The summed E-state index contributed by atoms with van der Waals surface area (Å²) in [5, 5.41) is 3.17. The molecule has 1 aromatic rings. The van der Waals surface area contributed by atoms with Crippen molar-refractivity contribution in [1.29, 1.82) is 0 Å². The summed E-state index contributed by atoms with van der Waals surface area (Å²) >= 11 is 0. The highest BCUT2D eigenvalue weighted by atomic mass is 15.3. The predicted molar refractivity (Wildman–Crippen MR) is 71.4 cm³/mol. The molecule has 1 aliphatic heterocycles. The van der Waals surface area contributed by atoms with Crippen molar-refractivity contribution in [2.75, 3.05) is 45.2 Å². The minimum absolute atomic E-state index is 0.891. The molecule has 1 aromatic heterocycles. The van der Waals surface area contributed by atoms with E-state index in [1.807, 2.05) is 7.05 Å². The number of aryl methyl sites for hydroxylation is 1. The minimum Gasteiger partial charge on any atom is -0.354 e. The lowest BCUT2D eigenvalue weighted by atomic mass is 10.2. The van der Waals surface area contributed by atoms with Gasteiger partial charge in [0.15, 0.2) is 0 Å². The number of anilines is 1. The van der Waals surface area contributed by atoms with Crippen LogP contribution in [0.4, 0.5) is 5.82 Å². The predicted octanol–water partition coefficient (Wildman–Crippen LogP) is 0.861. The number of pyridine rings is 1. The van der Waals surface area contributed by atoms with Gasteiger partial charge in [-0.05, 0) is 32.6 Å². The SMILES string of the molecule is CNCc1ccc(N2CCN(C)CC2)nc1C. The molecule has 0 amide bonds. The Kier molecular flexibility index (Phi) is 3.97. The zero-order valence-electron chi connectivity index (χ0n) is 11.0. The van der Waals surface area contributed by atoms with Crippen LogP contribution in [0.15, 0.2) is 12.1 Å². The molecule has 1 saturated heterocycles. The topological polar surface area (TPSA) is 31.4 Å². The Balaban J connectivity index is 2.09. The van der Waals surface area contributed by atoms with Gasteiger partial charge in [0.25, 0.3) is 0 Å². The smallest absolute Gasteiger partial charge is 0.128 e. The highest BCUT2D eigenvalue weighted by molar-refractivity contribution is 5.42. The molecule has 1 N–H and O–H groups in total. The molecule has 0 spiro atoms. The second-order valence-corrected chi connectivity index (χ2v) is 4.73. The highest BCUT2D eigenvalue weighted by Crippen LogP contribution is 2.16. The standard InChI is InChI=1S/C13H22N4/c1-11-12(10-14-2)4-5-13(15-11)17-8-6-16(3)7-9-17/h4-5,14H,6-10H2,1-3H3. The van der Waals surface area contributed by atoms with E-state index in [9.17, 15) is 0 Å². The molecule has 0 atom stereocenters. The quantitative estimate of drug-likeness (QED) is 0.840. The second kappa shape index (κ2) is 5.47. The fourth-order valence-corrected chi connectivity index (χ4v) is 2.17. The first-order valence-electron chi connectivity index (χ1n) is 6.25. The molecule has 0 radical (unpaired) electrons. The van der Waals surface area contributed by atoms with Gasteiger partial charge in [-0.1, -0.05) is 6.07 Å². The highest BCUT2D eigenvalue weighted by Gasteiger charge is 2.15. The van der Waals surface area contributed by atoms with Gasteiger partial charge in [0.1, 0.15) is 5.82 Å². The largest absolute Gasteiger partial charge is 0.354 e. The molecule has 0 aromatic carbocycles. The Morgan fingerprint density at radius 1 is 1.24 bits per heavy atom. The van der Waals surface area contributed by atoms with Crippen LogP contribution in [0.25, 0.3) is 0 Å². The van der Waals surface area contributed by atoms with E-state index >= 15 is 0 Å². The maximum atomic E-state index is 4.71. The molecule has 0 unspecified atom stereocenters. The third kappa shape index (κ3) is 2.96. The first kappa shape index (κ1) is 12.3. The zero-order valence-corrected chi connectivity index (χ0v) is 11.0. The van der Waals surface area contributed by atoms with E-state index in [1.54, 1.807) is 0 Å². The van der Waals surface area contributed by atoms with Crippen molar-refractivity contribution in [3.63, 3.8) is 0 Å². The number of nitrogens with zero attached hydrogens (tertiary/aromatic N) is 3. The molecule has 2 rings (SSSR count). The van der Waals surface area contributed by atoms with Crippen molar-refractivity contribution in [1.82, 2.24) is 15.2 Å². The van der Waals surface area contributed by atoms with Gasteiger partial charge in [0.2, 0.25) is 0 Å². The van der Waals surface area contributed by atoms with Crippen molar-refractivity contribution >= 4 is 5.82 Å². The van der Waals surface area contributed by atoms with Gasteiger partial charge < -0.3 is 15.1 Å². The summed E-state index contributed by atoms with van der Waals surface area (Å²) in [4.78, 5) is 9.44. The molecular formula is C13H22N4. The fourth-order valence-electron chi connectivity index (χ4n) is 2.17. The fraction of sp³-hybridized carbons (Fsp3) is 0.615. The average molecular weight is 234 g/mol. The first-order chi connectivity index (χ1) is 8.20. The van der Waals surface area contributed by atoms with Crippen LogP contribution in [0, 0.1) is 6.92 Å². The number of aromatic nitrogens is 1. The van der Waals surface area contributed by atoms with Gasteiger partial charge in [0.05, 0.1) is 0 Å². The van der Waals surface area contributed by atoms with Gasteiger partial charge >= 0.3 is 0 Å². The van der Waals surface area contributed by atoms with Gasteiger partial charge in [-0.25, -0.2) is 4.98 Å². The summed E-state index contributed by atoms with van der Waals surface area (Å²) in [6.45, 7) is 7.38. The Hall–Kier alpha value is -1.13. The molecule has 0 aliphatic carbocycles. The molecular weight excluding hydrogens is 212 g/mol. The molecule has 1 aliphatic rings. The summed E-state index contributed by atoms with van der Waals surface area (Å²) in [6, 6.07) is 4.33. The summed E-state index contributed by atoms with van der Waals surface area (Å²) in [7, 11) is 4.14. The van der Waals surface area contributed by atoms with Crippen LogP contribution in [0.1, 0.15) is 11.3 Å². The van der Waals surface area contributed by atoms with Crippen molar-refractivity contribution in [2.24, 2.45) is 0 Å². The number of nitrogens with one attached hydrogen (secondary N) is 1. The molecule has 0 bridgehead atoms. The van der Waals surface area contributed by atoms with E-state index < -0.39 is 0 Å². The number of piperazine rings is 1. The minimum atomic E-state index is 0.891. The summed E-state index contributed by atoms with van der Waals surface area (Å²) in [6.07, 6.45) is 0. The lowest BCUT2D eigenvalue weighted by molar-refractivity contribution is 0.312. The van der Waals surface area contributed by atoms with Crippen molar-refractivity contribution in [3.8, 4) is 0 Å². The van der Waals surface area contributed by atoms with Crippen LogP contribution in [0.2, 0.25) is 0 Å². The van der Waals surface area contributed by atoms with Crippen LogP contribution in [0.3, 0.4) is 0 Å². The van der Waals surface area contributed by atoms with E-state index in [4.69, 9.17) is 4.98 Å². The van der Waals surface area contributed by atoms with Gasteiger partial charge in [-0.15, -0.1) is 0 Å². The van der Waals surface area contributed by atoms with E-state index in [0.717, 1.165) is 44.2 Å². The molecule has 17 heavy (non-hydrogen) atoms. The normalized spacial score (nSPS) is 17.5. The van der Waals surface area contributed by atoms with Crippen LogP contribution < -0.4 is 10.2 Å². The second-order valence-electron chi connectivity index (χ2n) is 4.73. The molecule has 0 saturated carbocycles. The third-order valence-electron chi connectivity index (χ3n) is 3.38. The van der Waals surface area contributed by atoms with Crippen molar-refractivity contribution in [2.45, 2.75) is 13.5 Å². The monoisotopic (exact) mass is 234 g/mol. The lowest BCUT2D eigenvalue weighted by Crippen LogP contribution is -2.44. The Labute approximate surface area is 104 Å². The van der Waals surface area contributed by atoms with E-state index in [0.29, 0.717) is 0 Å². The summed E-state index contributed by atoms with van der Waals surface area (Å²) < 4.78 is 0. The summed E-state index contributed by atoms with van der Waals surface area (Å²) in [5.41, 5.74) is 2.42. The maximum Gasteiger partial charge on any atom is 0.128 e. The summed E-state index contributed by atoms with van der Waals surface area (Å²) in [5.74, 6) is 1.12. The number of hydrogen-bond acceptors (Lipinski definition) is 4. The Morgan fingerprint density at radius 3 is 2.53 bits per heavy atom. The zero-order chi connectivity index (χ0) is 12.3. The van der Waals surface area contributed by atoms with E-state index in [1.165, 1.54) is 5.56 Å². The van der Waals surface area contributed by atoms with Gasteiger partial charge in [-0.3, -0.25) is 0 Å².